The van der Waals surface area contributed by atoms with Gasteiger partial charge in [0, 0.05) is 43.3 Å². The molecule has 0 spiro atoms. The quantitative estimate of drug-likeness (QED) is 0.536. The van der Waals surface area contributed by atoms with Gasteiger partial charge in [0.2, 0.25) is 5.91 Å². The lowest BCUT2D eigenvalue weighted by molar-refractivity contribution is -0.116. The predicted octanol–water partition coefficient (Wildman–Crippen LogP) is 4.22. The van der Waals surface area contributed by atoms with Crippen LogP contribution >= 0.6 is 0 Å². The van der Waals surface area contributed by atoms with Crippen LogP contribution in [0.4, 0.5) is 5.69 Å². The highest BCUT2D eigenvalue weighted by Crippen LogP contribution is 2.31. The second-order valence-electron chi connectivity index (χ2n) is 7.20. The Hall–Kier alpha value is -2.62. The van der Waals surface area contributed by atoms with Crippen LogP contribution in [0, 0.1) is 0 Å². The molecule has 4 heteroatoms. The summed E-state index contributed by atoms with van der Waals surface area (Å²) in [6.45, 7) is 4.17. The molecule has 4 nitrogen and oxygen atoms in total. The molecule has 0 saturated carbocycles. The number of anilines is 1. The summed E-state index contributed by atoms with van der Waals surface area (Å²) in [6.07, 6.45) is 12.6. The number of hydrogen-bond acceptors (Lipinski definition) is 3. The van der Waals surface area contributed by atoms with E-state index in [0.717, 1.165) is 37.9 Å². The van der Waals surface area contributed by atoms with Gasteiger partial charge in [-0.15, -0.1) is 0 Å². The van der Waals surface area contributed by atoms with Crippen molar-refractivity contribution >= 4 is 17.7 Å². The van der Waals surface area contributed by atoms with E-state index in [4.69, 9.17) is 0 Å². The Morgan fingerprint density at radius 2 is 2.04 bits per heavy atom. The topological polar surface area (TPSA) is 45.2 Å². The van der Waals surface area contributed by atoms with Crippen LogP contribution in [0.15, 0.2) is 54.9 Å². The third kappa shape index (κ3) is 5.68. The molecule has 3 rings (SSSR count). The normalized spacial score (nSPS) is 15.9. The molecule has 142 valence electrons. The van der Waals surface area contributed by atoms with Gasteiger partial charge in [0.15, 0.2) is 0 Å². The van der Waals surface area contributed by atoms with E-state index in [9.17, 15) is 4.79 Å². The zero-order valence-corrected chi connectivity index (χ0v) is 16.1. The number of para-hydroxylation sites is 1. The summed E-state index contributed by atoms with van der Waals surface area (Å²) in [5.74, 6) is -0.0404. The van der Waals surface area contributed by atoms with Crippen molar-refractivity contribution in [1.29, 1.82) is 0 Å². The molecule has 2 aromatic rings. The fourth-order valence-electron chi connectivity index (χ4n) is 3.65. The van der Waals surface area contributed by atoms with Crippen molar-refractivity contribution in [1.82, 2.24) is 10.3 Å². The van der Waals surface area contributed by atoms with Crippen molar-refractivity contribution in [3.8, 4) is 0 Å². The number of aromatic nitrogens is 1. The number of unbranched alkanes of at least 4 members (excludes halogenated alkanes) is 3. The highest BCUT2D eigenvalue weighted by atomic mass is 16.1. The number of fused-ring (bicyclic) bond motifs is 1. The molecule has 1 aliphatic heterocycles. The Balaban J connectivity index is 1.27. The fourth-order valence-corrected chi connectivity index (χ4v) is 3.65. The van der Waals surface area contributed by atoms with Gasteiger partial charge in [-0.3, -0.25) is 9.78 Å². The maximum atomic E-state index is 11.8. The van der Waals surface area contributed by atoms with Crippen molar-refractivity contribution in [2.45, 2.75) is 45.1 Å². The molecule has 0 fully saturated rings. The number of nitrogens with one attached hydrogen (secondary N) is 1. The molecule has 0 saturated heterocycles. The average Bonchev–Trinajstić information content (AvgIpc) is 3.01. The lowest BCUT2D eigenvalue weighted by atomic mass is 10.1. The Morgan fingerprint density at radius 3 is 2.89 bits per heavy atom. The Labute approximate surface area is 162 Å². The van der Waals surface area contributed by atoms with Crippen molar-refractivity contribution in [3.63, 3.8) is 0 Å². The molecule has 2 heterocycles. The SMILES string of the molecule is CC1Cc2ccccc2N1CCCCCCNC(=O)/C=C/c1cccnc1. The maximum absolute atomic E-state index is 11.8. The number of nitrogens with zero attached hydrogens (tertiary/aromatic N) is 2. The largest absolute Gasteiger partial charge is 0.368 e. The zero-order chi connectivity index (χ0) is 18.9. The molecule has 1 atom stereocenters. The summed E-state index contributed by atoms with van der Waals surface area (Å²) in [6, 6.07) is 13.2. The Morgan fingerprint density at radius 1 is 1.19 bits per heavy atom. The second-order valence-corrected chi connectivity index (χ2v) is 7.20. The molecule has 0 aliphatic carbocycles. The molecule has 1 unspecified atom stereocenters. The first kappa shape index (κ1) is 19.2. The van der Waals surface area contributed by atoms with Gasteiger partial charge in [0.25, 0.3) is 0 Å². The van der Waals surface area contributed by atoms with Gasteiger partial charge in [0.1, 0.15) is 0 Å². The molecule has 1 amide bonds. The van der Waals surface area contributed by atoms with Crippen LogP contribution in [0.5, 0.6) is 0 Å². The minimum atomic E-state index is -0.0404. The number of benzene rings is 1. The van der Waals surface area contributed by atoms with E-state index in [2.05, 4.69) is 46.4 Å². The van der Waals surface area contributed by atoms with E-state index >= 15 is 0 Å². The lowest BCUT2D eigenvalue weighted by Crippen LogP contribution is -2.30. The van der Waals surface area contributed by atoms with Crippen LogP contribution in [-0.4, -0.2) is 30.0 Å². The van der Waals surface area contributed by atoms with Gasteiger partial charge in [-0.05, 0) is 55.5 Å². The summed E-state index contributed by atoms with van der Waals surface area (Å²) < 4.78 is 0. The maximum Gasteiger partial charge on any atom is 0.243 e. The van der Waals surface area contributed by atoms with E-state index in [1.54, 1.807) is 24.5 Å². The number of carbonyl (C=O) groups excluding carboxylic acids is 1. The monoisotopic (exact) mass is 363 g/mol. The first-order valence-corrected chi connectivity index (χ1v) is 9.94. The second kappa shape index (κ2) is 9.91. The third-order valence-corrected chi connectivity index (χ3v) is 5.09. The minimum absolute atomic E-state index is 0.0404. The Kier molecular flexibility index (Phi) is 7.03. The van der Waals surface area contributed by atoms with E-state index < -0.39 is 0 Å². The minimum Gasteiger partial charge on any atom is -0.368 e. The molecule has 0 radical (unpaired) electrons. The van der Waals surface area contributed by atoms with E-state index in [1.807, 2.05) is 12.1 Å². The standard InChI is InChI=1S/C23H29N3O/c1-19-17-21-10-4-5-11-22(21)26(19)16-7-3-2-6-15-25-23(27)13-12-20-9-8-14-24-18-20/h4-5,8-14,18-19H,2-3,6-7,15-17H2,1H3,(H,25,27)/b13-12+. The number of rotatable bonds is 9. The van der Waals surface area contributed by atoms with Gasteiger partial charge in [-0.2, -0.15) is 0 Å². The molecular formula is C23H29N3O. The first-order valence-electron chi connectivity index (χ1n) is 9.94. The van der Waals surface area contributed by atoms with Crippen LogP contribution < -0.4 is 10.2 Å². The smallest absolute Gasteiger partial charge is 0.243 e. The van der Waals surface area contributed by atoms with Crippen molar-refractivity contribution in [2.75, 3.05) is 18.0 Å². The molecule has 1 aromatic heterocycles. The van der Waals surface area contributed by atoms with Gasteiger partial charge in [-0.25, -0.2) is 0 Å². The molecule has 27 heavy (non-hydrogen) atoms. The first-order chi connectivity index (χ1) is 13.2. The van der Waals surface area contributed by atoms with Gasteiger partial charge in [0.05, 0.1) is 0 Å². The number of carbonyl (C=O) groups is 1. The summed E-state index contributed by atoms with van der Waals surface area (Å²) in [5, 5.41) is 2.95. The number of pyridine rings is 1. The molecule has 1 N–H and O–H groups in total. The summed E-state index contributed by atoms with van der Waals surface area (Å²) >= 11 is 0. The van der Waals surface area contributed by atoms with E-state index in [0.29, 0.717) is 6.04 Å². The Bertz CT molecular complexity index is 757. The third-order valence-electron chi connectivity index (χ3n) is 5.09. The predicted molar refractivity (Wildman–Crippen MR) is 112 cm³/mol. The van der Waals surface area contributed by atoms with Crippen LogP contribution in [0.1, 0.15) is 43.7 Å². The van der Waals surface area contributed by atoms with Gasteiger partial charge in [-0.1, -0.05) is 37.1 Å². The fraction of sp³-hybridized carbons (Fsp3) is 0.391. The zero-order valence-electron chi connectivity index (χ0n) is 16.1. The number of hydrogen-bond donors (Lipinski definition) is 1. The lowest BCUT2D eigenvalue weighted by Gasteiger charge is -2.24. The average molecular weight is 364 g/mol. The number of amides is 1. The van der Waals surface area contributed by atoms with Crippen LogP contribution in [0.3, 0.4) is 0 Å². The summed E-state index contributed by atoms with van der Waals surface area (Å²) in [5.41, 5.74) is 3.83. The summed E-state index contributed by atoms with van der Waals surface area (Å²) in [4.78, 5) is 18.4. The van der Waals surface area contributed by atoms with E-state index in [1.165, 1.54) is 24.1 Å². The molecule has 0 bridgehead atoms. The molecular weight excluding hydrogens is 334 g/mol. The molecule has 1 aliphatic rings. The van der Waals surface area contributed by atoms with Crippen LogP contribution in [0.2, 0.25) is 0 Å². The van der Waals surface area contributed by atoms with Crippen LogP contribution in [-0.2, 0) is 11.2 Å². The van der Waals surface area contributed by atoms with Gasteiger partial charge < -0.3 is 10.2 Å². The highest BCUT2D eigenvalue weighted by molar-refractivity contribution is 5.91. The van der Waals surface area contributed by atoms with Crippen molar-refractivity contribution in [3.05, 3.63) is 66.0 Å². The van der Waals surface area contributed by atoms with Crippen molar-refractivity contribution in [2.24, 2.45) is 0 Å². The molecule has 1 aromatic carbocycles. The van der Waals surface area contributed by atoms with E-state index in [-0.39, 0.29) is 5.91 Å². The van der Waals surface area contributed by atoms with Gasteiger partial charge >= 0.3 is 0 Å². The van der Waals surface area contributed by atoms with Crippen LogP contribution in [0.25, 0.3) is 6.08 Å². The van der Waals surface area contributed by atoms with Crippen molar-refractivity contribution < 1.29 is 4.79 Å². The summed E-state index contributed by atoms with van der Waals surface area (Å²) in [7, 11) is 0. The highest BCUT2D eigenvalue weighted by Gasteiger charge is 2.24.